The number of carbonyl (C=O) groups is 3. The van der Waals surface area contributed by atoms with Gasteiger partial charge in [0.25, 0.3) is 5.91 Å². The molecule has 0 heterocycles. The molecule has 1 saturated carbocycles. The molecule has 0 spiro atoms. The number of nitrogens with one attached hydrogen (secondary N) is 2. The van der Waals surface area contributed by atoms with Crippen LogP contribution < -0.4 is 15.4 Å². The zero-order chi connectivity index (χ0) is 30.2. The Morgan fingerprint density at radius 1 is 0.976 bits per heavy atom. The Kier molecular flexibility index (Phi) is 10.6. The van der Waals surface area contributed by atoms with Crippen molar-refractivity contribution in [2.45, 2.75) is 78.2 Å². The average molecular weight is 578 g/mol. The van der Waals surface area contributed by atoms with E-state index in [1.165, 1.54) is 12.1 Å². The van der Waals surface area contributed by atoms with Gasteiger partial charge < -0.3 is 25.4 Å². The van der Waals surface area contributed by atoms with Crippen LogP contribution in [-0.4, -0.2) is 46.9 Å². The van der Waals surface area contributed by atoms with Crippen LogP contribution in [0.25, 0.3) is 0 Å². The van der Waals surface area contributed by atoms with Crippen molar-refractivity contribution in [3.05, 3.63) is 59.7 Å². The first-order valence-corrected chi connectivity index (χ1v) is 13.8. The maximum Gasteiger partial charge on any atom is 0.573 e. The summed E-state index contributed by atoms with van der Waals surface area (Å²) in [5, 5.41) is 14.1. The second kappa shape index (κ2) is 13.7. The predicted molar refractivity (Wildman–Crippen MR) is 149 cm³/mol. The summed E-state index contributed by atoms with van der Waals surface area (Å²) in [6, 6.07) is 11.4. The lowest BCUT2D eigenvalue weighted by atomic mass is 9.68. The summed E-state index contributed by atoms with van der Waals surface area (Å²) in [7, 11) is 0. The van der Waals surface area contributed by atoms with E-state index < -0.39 is 12.3 Å². The van der Waals surface area contributed by atoms with Crippen molar-refractivity contribution in [1.29, 1.82) is 0 Å². The maximum atomic E-state index is 13.5. The molecule has 0 bridgehead atoms. The fourth-order valence-electron chi connectivity index (χ4n) is 5.10. The molecule has 1 aliphatic carbocycles. The largest absolute Gasteiger partial charge is 0.573 e. The first kappa shape index (κ1) is 31.8. The Balaban J connectivity index is 1.73. The molecule has 2 aromatic rings. The molecule has 0 aliphatic heterocycles. The van der Waals surface area contributed by atoms with Crippen molar-refractivity contribution in [3.8, 4) is 5.75 Å². The van der Waals surface area contributed by atoms with E-state index in [9.17, 15) is 27.6 Å². The minimum absolute atomic E-state index is 0.0185. The number of alkyl halides is 3. The molecule has 2 aromatic carbocycles. The summed E-state index contributed by atoms with van der Waals surface area (Å²) >= 11 is 0. The van der Waals surface area contributed by atoms with Gasteiger partial charge in [-0.25, -0.2) is 4.79 Å². The highest BCUT2D eigenvalue weighted by molar-refractivity contribution is 5.94. The molecule has 0 saturated heterocycles. The van der Waals surface area contributed by atoms with E-state index in [0.29, 0.717) is 17.2 Å². The molecule has 0 radical (unpaired) electrons. The fourth-order valence-corrected chi connectivity index (χ4v) is 5.10. The van der Waals surface area contributed by atoms with Gasteiger partial charge in [0.05, 0.1) is 6.42 Å². The Morgan fingerprint density at radius 2 is 1.59 bits per heavy atom. The zero-order valence-electron chi connectivity index (χ0n) is 23.6. The molecule has 0 atom stereocenters. The highest BCUT2D eigenvalue weighted by Gasteiger charge is 2.35. The summed E-state index contributed by atoms with van der Waals surface area (Å²) < 4.78 is 41.4. The number of benzene rings is 2. The number of ether oxygens (including phenoxy) is 1. The van der Waals surface area contributed by atoms with Gasteiger partial charge in [-0.05, 0) is 79.0 Å². The molecule has 11 heteroatoms. The molecular weight excluding hydrogens is 539 g/mol. The van der Waals surface area contributed by atoms with E-state index >= 15 is 0 Å². The number of nitrogens with zero attached hydrogens (tertiary/aromatic N) is 1. The van der Waals surface area contributed by atoms with Gasteiger partial charge >= 0.3 is 18.4 Å². The van der Waals surface area contributed by atoms with Crippen LogP contribution in [0.4, 0.5) is 23.7 Å². The van der Waals surface area contributed by atoms with Crippen LogP contribution in [0.5, 0.6) is 5.75 Å². The van der Waals surface area contributed by atoms with Crippen LogP contribution in [0.3, 0.4) is 0 Å². The molecule has 0 unspecified atom stereocenters. The molecule has 3 amide bonds. The van der Waals surface area contributed by atoms with Gasteiger partial charge in [0.1, 0.15) is 5.75 Å². The number of hydrogen-bond donors (Lipinski definition) is 3. The van der Waals surface area contributed by atoms with E-state index in [4.69, 9.17) is 5.11 Å². The van der Waals surface area contributed by atoms with Crippen LogP contribution in [0, 0.1) is 11.3 Å². The van der Waals surface area contributed by atoms with Gasteiger partial charge in [-0.2, -0.15) is 0 Å². The Morgan fingerprint density at radius 3 is 2.12 bits per heavy atom. The van der Waals surface area contributed by atoms with Crippen molar-refractivity contribution in [3.63, 3.8) is 0 Å². The number of aliphatic carboxylic acids is 1. The first-order chi connectivity index (χ1) is 19.3. The number of hydrogen-bond acceptors (Lipinski definition) is 4. The summed E-state index contributed by atoms with van der Waals surface area (Å²) in [6.45, 7) is 7.02. The molecule has 3 rings (SSSR count). The Hall–Kier alpha value is -3.76. The van der Waals surface area contributed by atoms with E-state index in [-0.39, 0.29) is 48.7 Å². The third kappa shape index (κ3) is 9.68. The standard InChI is InChI=1S/C30H38F3N3O5/c1-4-29(2,3)22-9-13-24(14-10-22)36(28(40)35-23-11-15-25(16-12-23)41-30(31,32)33)19-20-5-7-21(8-6-20)27(39)34-18-17-26(37)38/h5-8,11-12,15-16,22,24H,4,9-10,13-14,17-19H2,1-3H3,(H,34,39)(H,35,40)(H,37,38)/t22-,24-. The van der Waals surface area contributed by atoms with Gasteiger partial charge in [0, 0.05) is 30.4 Å². The molecule has 0 aromatic heterocycles. The fraction of sp³-hybridized carbons (Fsp3) is 0.500. The zero-order valence-corrected chi connectivity index (χ0v) is 23.6. The molecule has 8 nitrogen and oxygen atoms in total. The summed E-state index contributed by atoms with van der Waals surface area (Å²) in [5.74, 6) is -1.22. The summed E-state index contributed by atoms with van der Waals surface area (Å²) in [6.07, 6.45) is -0.307. The van der Waals surface area contributed by atoms with E-state index in [2.05, 4.69) is 36.1 Å². The monoisotopic (exact) mass is 577 g/mol. The molecule has 41 heavy (non-hydrogen) atoms. The topological polar surface area (TPSA) is 108 Å². The molecule has 3 N–H and O–H groups in total. The van der Waals surface area contributed by atoms with E-state index in [0.717, 1.165) is 49.8 Å². The first-order valence-electron chi connectivity index (χ1n) is 13.8. The van der Waals surface area contributed by atoms with Gasteiger partial charge in [-0.3, -0.25) is 9.59 Å². The van der Waals surface area contributed by atoms with Gasteiger partial charge in [-0.15, -0.1) is 13.2 Å². The predicted octanol–water partition coefficient (Wildman–Crippen LogP) is 6.82. The van der Waals surface area contributed by atoms with Crippen LogP contribution in [0.15, 0.2) is 48.5 Å². The van der Waals surface area contributed by atoms with Crippen LogP contribution in [0.1, 0.15) is 75.2 Å². The SMILES string of the molecule is CCC(C)(C)[C@H]1CC[C@H](N(Cc2ccc(C(=O)NCCC(=O)O)cc2)C(=O)Nc2ccc(OC(F)(F)F)cc2)CC1. The summed E-state index contributed by atoms with van der Waals surface area (Å²) in [5.41, 5.74) is 1.72. The number of carboxylic acids is 1. The number of carboxylic acid groups (broad SMARTS) is 1. The number of halogens is 3. The minimum Gasteiger partial charge on any atom is -0.481 e. The third-order valence-electron chi connectivity index (χ3n) is 7.95. The van der Waals surface area contributed by atoms with Crippen molar-refractivity contribution in [2.75, 3.05) is 11.9 Å². The number of urea groups is 1. The summed E-state index contributed by atoms with van der Waals surface area (Å²) in [4.78, 5) is 38.2. The lowest BCUT2D eigenvalue weighted by Gasteiger charge is -2.42. The molecule has 1 fully saturated rings. The van der Waals surface area contributed by atoms with Crippen molar-refractivity contribution in [2.24, 2.45) is 11.3 Å². The van der Waals surface area contributed by atoms with Gasteiger partial charge in [-0.1, -0.05) is 39.3 Å². The Labute approximate surface area is 238 Å². The second-order valence-corrected chi connectivity index (χ2v) is 11.1. The number of rotatable bonds is 11. The second-order valence-electron chi connectivity index (χ2n) is 11.1. The number of amides is 3. The van der Waals surface area contributed by atoms with Crippen molar-refractivity contribution in [1.82, 2.24) is 10.2 Å². The number of carbonyl (C=O) groups excluding carboxylic acids is 2. The quantitative estimate of drug-likeness (QED) is 0.272. The van der Waals surface area contributed by atoms with Crippen LogP contribution in [-0.2, 0) is 11.3 Å². The van der Waals surface area contributed by atoms with E-state index in [1.54, 1.807) is 29.2 Å². The lowest BCUT2D eigenvalue weighted by molar-refractivity contribution is -0.274. The Bertz CT molecular complexity index is 1180. The van der Waals surface area contributed by atoms with Crippen LogP contribution >= 0.6 is 0 Å². The smallest absolute Gasteiger partial charge is 0.481 e. The average Bonchev–Trinajstić information content (AvgIpc) is 2.92. The van der Waals surface area contributed by atoms with Crippen molar-refractivity contribution < 1.29 is 37.4 Å². The molecular formula is C30H38F3N3O5. The van der Waals surface area contributed by atoms with Gasteiger partial charge in [0.2, 0.25) is 0 Å². The van der Waals surface area contributed by atoms with Crippen LogP contribution in [0.2, 0.25) is 0 Å². The number of anilines is 1. The lowest BCUT2D eigenvalue weighted by Crippen LogP contribution is -2.45. The third-order valence-corrected chi connectivity index (χ3v) is 7.95. The van der Waals surface area contributed by atoms with Gasteiger partial charge in [0.15, 0.2) is 0 Å². The normalized spacial score (nSPS) is 17.4. The van der Waals surface area contributed by atoms with E-state index in [1.807, 2.05) is 0 Å². The highest BCUT2D eigenvalue weighted by atomic mass is 19.4. The minimum atomic E-state index is -4.80. The highest BCUT2D eigenvalue weighted by Crippen LogP contribution is 2.41. The van der Waals surface area contributed by atoms with Crippen molar-refractivity contribution >= 4 is 23.6 Å². The maximum absolute atomic E-state index is 13.5. The molecule has 1 aliphatic rings. The molecule has 224 valence electrons.